The van der Waals surface area contributed by atoms with Gasteiger partial charge in [-0.1, -0.05) is 13.8 Å². The van der Waals surface area contributed by atoms with Crippen molar-refractivity contribution in [2.75, 3.05) is 0 Å². The van der Waals surface area contributed by atoms with Crippen LogP contribution in [0.25, 0.3) is 0 Å². The zero-order valence-electron chi connectivity index (χ0n) is 12.0. The van der Waals surface area contributed by atoms with E-state index in [9.17, 15) is 0 Å². The molecule has 1 aromatic rings. The third-order valence-corrected chi connectivity index (χ3v) is 3.73. The molecule has 0 aliphatic heterocycles. The number of nitrogens with zero attached hydrogens (tertiary/aromatic N) is 3. The molecule has 0 saturated heterocycles. The smallest absolute Gasteiger partial charge is 0.104 e. The minimum absolute atomic E-state index is 0.677. The quantitative estimate of drug-likeness (QED) is 0.841. The summed E-state index contributed by atoms with van der Waals surface area (Å²) in [5.41, 5.74) is 8.99. The van der Waals surface area contributed by atoms with Crippen LogP contribution in [0.5, 0.6) is 0 Å². The molecular weight excluding hydrogens is 224 g/mol. The molecule has 18 heavy (non-hydrogen) atoms. The maximum Gasteiger partial charge on any atom is 0.104 e. The Labute approximate surface area is 110 Å². The van der Waals surface area contributed by atoms with Crippen LogP contribution in [-0.2, 0) is 13.0 Å². The predicted molar refractivity (Wildman–Crippen MR) is 73.1 cm³/mol. The number of nitrogens with two attached hydrogens (primary N) is 1. The highest BCUT2D eigenvalue weighted by atomic mass is 15.3. The monoisotopic (exact) mass is 248 g/mol. The number of aromatic nitrogens is 2. The standard InChI is InChI=1S/C14H24N4/c1-5-13-11(3)17-18(12(13)4)9-7-8-14(16,6-2)10-15/h5-9,16H2,1-4H3. The van der Waals surface area contributed by atoms with E-state index in [-0.39, 0.29) is 0 Å². The minimum Gasteiger partial charge on any atom is -0.313 e. The van der Waals surface area contributed by atoms with Crippen molar-refractivity contribution in [1.82, 2.24) is 9.78 Å². The van der Waals surface area contributed by atoms with Crippen molar-refractivity contribution in [3.8, 4) is 6.07 Å². The van der Waals surface area contributed by atoms with E-state index < -0.39 is 5.54 Å². The van der Waals surface area contributed by atoms with E-state index >= 15 is 0 Å². The summed E-state index contributed by atoms with van der Waals surface area (Å²) in [6.45, 7) is 9.11. The summed E-state index contributed by atoms with van der Waals surface area (Å²) in [5.74, 6) is 0. The minimum atomic E-state index is -0.677. The second-order valence-electron chi connectivity index (χ2n) is 4.95. The van der Waals surface area contributed by atoms with Crippen LogP contribution in [0.2, 0.25) is 0 Å². The highest BCUT2D eigenvalue weighted by Gasteiger charge is 2.21. The second kappa shape index (κ2) is 6.01. The summed E-state index contributed by atoms with van der Waals surface area (Å²) < 4.78 is 2.04. The molecule has 1 aromatic heterocycles. The first-order valence-electron chi connectivity index (χ1n) is 6.70. The Balaban J connectivity index is 2.63. The van der Waals surface area contributed by atoms with Crippen molar-refractivity contribution in [3.05, 3.63) is 17.0 Å². The van der Waals surface area contributed by atoms with E-state index in [0.717, 1.165) is 31.5 Å². The number of hydrogen-bond donors (Lipinski definition) is 1. The van der Waals surface area contributed by atoms with E-state index in [1.807, 2.05) is 11.6 Å². The molecule has 100 valence electrons. The molecule has 4 heteroatoms. The van der Waals surface area contributed by atoms with Gasteiger partial charge < -0.3 is 5.73 Å². The van der Waals surface area contributed by atoms with E-state index in [0.29, 0.717) is 6.42 Å². The average molecular weight is 248 g/mol. The summed E-state index contributed by atoms with van der Waals surface area (Å²) in [7, 11) is 0. The van der Waals surface area contributed by atoms with Gasteiger partial charge in [0.1, 0.15) is 5.54 Å². The van der Waals surface area contributed by atoms with Crippen molar-refractivity contribution >= 4 is 0 Å². The van der Waals surface area contributed by atoms with E-state index in [1.165, 1.54) is 11.3 Å². The lowest BCUT2D eigenvalue weighted by Gasteiger charge is -2.19. The Kier molecular flexibility index (Phi) is 4.92. The summed E-state index contributed by atoms with van der Waals surface area (Å²) >= 11 is 0. The molecule has 0 spiro atoms. The SMILES string of the molecule is CCc1c(C)nn(CCCC(N)(C#N)CC)c1C. The van der Waals surface area contributed by atoms with Crippen LogP contribution in [0.3, 0.4) is 0 Å². The van der Waals surface area contributed by atoms with Crippen LogP contribution in [0.4, 0.5) is 0 Å². The molecule has 1 rings (SSSR count). The van der Waals surface area contributed by atoms with Gasteiger partial charge in [0, 0.05) is 12.2 Å². The average Bonchev–Trinajstić information content (AvgIpc) is 2.64. The Morgan fingerprint density at radius 2 is 2.06 bits per heavy atom. The Morgan fingerprint density at radius 1 is 1.39 bits per heavy atom. The largest absolute Gasteiger partial charge is 0.313 e. The fourth-order valence-corrected chi connectivity index (χ4v) is 2.32. The highest BCUT2D eigenvalue weighted by molar-refractivity contribution is 5.24. The first-order chi connectivity index (χ1) is 8.47. The maximum atomic E-state index is 9.03. The Morgan fingerprint density at radius 3 is 2.50 bits per heavy atom. The van der Waals surface area contributed by atoms with Gasteiger partial charge >= 0.3 is 0 Å². The lowest BCUT2D eigenvalue weighted by Crippen LogP contribution is -2.37. The molecule has 0 amide bonds. The van der Waals surface area contributed by atoms with Crippen LogP contribution >= 0.6 is 0 Å². The topological polar surface area (TPSA) is 67.6 Å². The van der Waals surface area contributed by atoms with Crippen LogP contribution in [0, 0.1) is 25.2 Å². The van der Waals surface area contributed by atoms with Crippen molar-refractivity contribution < 1.29 is 0 Å². The van der Waals surface area contributed by atoms with Crippen LogP contribution in [0.15, 0.2) is 0 Å². The van der Waals surface area contributed by atoms with Crippen molar-refractivity contribution in [2.45, 2.75) is 65.5 Å². The van der Waals surface area contributed by atoms with Gasteiger partial charge in [0.15, 0.2) is 0 Å². The Bertz CT molecular complexity index is 441. The fourth-order valence-electron chi connectivity index (χ4n) is 2.32. The first kappa shape index (κ1) is 14.7. The van der Waals surface area contributed by atoms with Gasteiger partial charge in [-0.25, -0.2) is 0 Å². The molecule has 1 unspecified atom stereocenters. The fraction of sp³-hybridized carbons (Fsp3) is 0.714. The highest BCUT2D eigenvalue weighted by Crippen LogP contribution is 2.17. The Hall–Kier alpha value is -1.34. The van der Waals surface area contributed by atoms with Gasteiger partial charge in [-0.05, 0) is 45.1 Å². The van der Waals surface area contributed by atoms with Crippen molar-refractivity contribution in [3.63, 3.8) is 0 Å². The molecule has 0 saturated carbocycles. The first-order valence-corrected chi connectivity index (χ1v) is 6.70. The van der Waals surface area contributed by atoms with Gasteiger partial charge in [-0.2, -0.15) is 10.4 Å². The molecule has 1 atom stereocenters. The van der Waals surface area contributed by atoms with E-state index in [4.69, 9.17) is 11.0 Å². The van der Waals surface area contributed by atoms with E-state index in [1.54, 1.807) is 0 Å². The molecular formula is C14H24N4. The molecule has 0 aliphatic rings. The van der Waals surface area contributed by atoms with Gasteiger partial charge in [0.2, 0.25) is 0 Å². The molecule has 0 radical (unpaired) electrons. The number of aryl methyl sites for hydroxylation is 2. The summed E-state index contributed by atoms with van der Waals surface area (Å²) in [6.07, 6.45) is 3.33. The molecule has 0 aromatic carbocycles. The number of hydrogen-bond acceptors (Lipinski definition) is 3. The molecule has 2 N–H and O–H groups in total. The molecule has 0 bridgehead atoms. The molecule has 1 heterocycles. The zero-order valence-corrected chi connectivity index (χ0v) is 12.0. The summed E-state index contributed by atoms with van der Waals surface area (Å²) in [6, 6.07) is 2.20. The number of nitriles is 1. The van der Waals surface area contributed by atoms with Gasteiger partial charge in [-0.3, -0.25) is 4.68 Å². The zero-order chi connectivity index (χ0) is 13.8. The number of rotatable bonds is 6. The second-order valence-corrected chi connectivity index (χ2v) is 4.95. The third-order valence-electron chi connectivity index (χ3n) is 3.73. The van der Waals surface area contributed by atoms with Crippen LogP contribution < -0.4 is 5.73 Å². The third kappa shape index (κ3) is 3.11. The van der Waals surface area contributed by atoms with Crippen molar-refractivity contribution in [1.29, 1.82) is 5.26 Å². The van der Waals surface area contributed by atoms with E-state index in [2.05, 4.69) is 31.9 Å². The molecule has 0 fully saturated rings. The lowest BCUT2D eigenvalue weighted by molar-refractivity contribution is 0.431. The van der Waals surface area contributed by atoms with Gasteiger partial charge in [0.05, 0.1) is 11.8 Å². The normalized spacial score (nSPS) is 14.2. The summed E-state index contributed by atoms with van der Waals surface area (Å²) in [4.78, 5) is 0. The summed E-state index contributed by atoms with van der Waals surface area (Å²) in [5, 5.41) is 13.6. The van der Waals surface area contributed by atoms with Gasteiger partial charge in [0.25, 0.3) is 0 Å². The van der Waals surface area contributed by atoms with Crippen LogP contribution in [0.1, 0.15) is 50.1 Å². The molecule has 4 nitrogen and oxygen atoms in total. The lowest BCUT2D eigenvalue weighted by atomic mass is 9.93. The van der Waals surface area contributed by atoms with Crippen LogP contribution in [-0.4, -0.2) is 15.3 Å². The van der Waals surface area contributed by atoms with Crippen molar-refractivity contribution in [2.24, 2.45) is 5.73 Å². The molecule has 0 aliphatic carbocycles. The predicted octanol–water partition coefficient (Wildman–Crippen LogP) is 2.47. The maximum absolute atomic E-state index is 9.03. The van der Waals surface area contributed by atoms with Gasteiger partial charge in [-0.15, -0.1) is 0 Å².